The molecule has 2 rings (SSSR count). The highest BCUT2D eigenvalue weighted by atomic mass is 16.2. The van der Waals surface area contributed by atoms with Crippen LogP contribution in [0.5, 0.6) is 0 Å². The molecule has 1 aromatic rings. The van der Waals surface area contributed by atoms with Crippen molar-refractivity contribution in [2.24, 2.45) is 0 Å². The summed E-state index contributed by atoms with van der Waals surface area (Å²) in [5.74, 6) is 0.0482. The van der Waals surface area contributed by atoms with Crippen molar-refractivity contribution < 1.29 is 9.59 Å². The van der Waals surface area contributed by atoms with Crippen molar-refractivity contribution in [3.05, 3.63) is 29.8 Å². The number of hydrogen-bond donors (Lipinski definition) is 1. The lowest BCUT2D eigenvalue weighted by atomic mass is 10.1. The molecule has 0 aliphatic carbocycles. The van der Waals surface area contributed by atoms with Gasteiger partial charge in [-0.05, 0) is 64.0 Å². The van der Waals surface area contributed by atoms with Gasteiger partial charge in [0.2, 0.25) is 5.91 Å². The van der Waals surface area contributed by atoms with Gasteiger partial charge < -0.3 is 5.32 Å². The smallest absolute Gasteiger partial charge is 0.241 e. The zero-order chi connectivity index (χ0) is 14.5. The maximum absolute atomic E-state index is 12.2. The Kier molecular flexibility index (Phi) is 4.90. The highest BCUT2D eigenvalue weighted by Crippen LogP contribution is 2.15. The third kappa shape index (κ3) is 3.67. The minimum Gasteiger partial charge on any atom is -0.325 e. The van der Waals surface area contributed by atoms with Crippen LogP contribution in [0.3, 0.4) is 0 Å². The molecule has 1 heterocycles. The van der Waals surface area contributed by atoms with Crippen LogP contribution in [0.1, 0.15) is 43.5 Å². The lowest BCUT2D eigenvalue weighted by Gasteiger charge is -2.31. The van der Waals surface area contributed by atoms with Gasteiger partial charge >= 0.3 is 0 Å². The van der Waals surface area contributed by atoms with E-state index in [1.807, 2.05) is 6.92 Å². The first-order valence-corrected chi connectivity index (χ1v) is 7.24. The first kappa shape index (κ1) is 14.7. The van der Waals surface area contributed by atoms with Crippen molar-refractivity contribution in [3.63, 3.8) is 0 Å². The molecule has 1 amide bonds. The van der Waals surface area contributed by atoms with E-state index in [0.29, 0.717) is 5.56 Å². The molecular weight excluding hydrogens is 252 g/mol. The number of carbonyl (C=O) groups is 2. The number of nitrogens with zero attached hydrogens (tertiary/aromatic N) is 1. The summed E-state index contributed by atoms with van der Waals surface area (Å²) in [5, 5.41) is 2.91. The second-order valence-electron chi connectivity index (χ2n) is 5.40. The SMILES string of the molecule is CC(=O)c1ccc(NC(=O)[C@@H](C)N2CCCCC2)cc1. The summed E-state index contributed by atoms with van der Waals surface area (Å²) in [6, 6.07) is 6.92. The predicted octanol–water partition coefficient (Wildman–Crippen LogP) is 2.70. The van der Waals surface area contributed by atoms with Crippen LogP contribution in [0.15, 0.2) is 24.3 Å². The van der Waals surface area contributed by atoms with Crippen molar-refractivity contribution in [1.82, 2.24) is 4.90 Å². The van der Waals surface area contributed by atoms with Gasteiger partial charge in [-0.3, -0.25) is 14.5 Å². The number of ketones is 1. The van der Waals surface area contributed by atoms with Crippen LogP contribution in [0.4, 0.5) is 5.69 Å². The number of rotatable bonds is 4. The lowest BCUT2D eigenvalue weighted by Crippen LogP contribution is -2.44. The van der Waals surface area contributed by atoms with Crippen LogP contribution in [0.25, 0.3) is 0 Å². The molecule has 0 aromatic heterocycles. The Hall–Kier alpha value is -1.68. The Morgan fingerprint density at radius 1 is 1.10 bits per heavy atom. The van der Waals surface area contributed by atoms with Gasteiger partial charge in [-0.25, -0.2) is 0 Å². The van der Waals surface area contributed by atoms with Crippen molar-refractivity contribution >= 4 is 17.4 Å². The van der Waals surface area contributed by atoms with Crippen LogP contribution < -0.4 is 5.32 Å². The Morgan fingerprint density at radius 3 is 2.25 bits per heavy atom. The molecule has 1 atom stereocenters. The lowest BCUT2D eigenvalue weighted by molar-refractivity contribution is -0.121. The Bertz CT molecular complexity index is 476. The first-order valence-electron chi connectivity index (χ1n) is 7.24. The molecule has 1 aromatic carbocycles. The maximum atomic E-state index is 12.2. The second kappa shape index (κ2) is 6.66. The fourth-order valence-corrected chi connectivity index (χ4v) is 2.51. The van der Waals surface area contributed by atoms with Crippen LogP contribution >= 0.6 is 0 Å². The molecule has 1 saturated heterocycles. The summed E-state index contributed by atoms with van der Waals surface area (Å²) in [6.45, 7) is 5.48. The Labute approximate surface area is 120 Å². The van der Waals surface area contributed by atoms with E-state index in [0.717, 1.165) is 18.8 Å². The van der Waals surface area contributed by atoms with Crippen LogP contribution in [-0.4, -0.2) is 35.7 Å². The molecule has 0 spiro atoms. The van der Waals surface area contributed by atoms with E-state index in [2.05, 4.69) is 10.2 Å². The molecule has 1 aliphatic rings. The van der Waals surface area contributed by atoms with Crippen LogP contribution in [0, 0.1) is 0 Å². The molecule has 1 fully saturated rings. The van der Waals surface area contributed by atoms with Crippen molar-refractivity contribution in [2.75, 3.05) is 18.4 Å². The molecular formula is C16H22N2O2. The van der Waals surface area contributed by atoms with Crippen molar-refractivity contribution in [3.8, 4) is 0 Å². The summed E-state index contributed by atoms with van der Waals surface area (Å²) in [4.78, 5) is 25.6. The quantitative estimate of drug-likeness (QED) is 0.859. The summed E-state index contributed by atoms with van der Waals surface area (Å²) >= 11 is 0. The molecule has 108 valence electrons. The molecule has 4 heteroatoms. The third-order valence-corrected chi connectivity index (χ3v) is 3.88. The summed E-state index contributed by atoms with van der Waals surface area (Å²) in [6.07, 6.45) is 3.60. The second-order valence-corrected chi connectivity index (χ2v) is 5.40. The largest absolute Gasteiger partial charge is 0.325 e. The Balaban J connectivity index is 1.94. The molecule has 0 bridgehead atoms. The molecule has 4 nitrogen and oxygen atoms in total. The zero-order valence-electron chi connectivity index (χ0n) is 12.2. The van der Waals surface area contributed by atoms with Crippen molar-refractivity contribution in [2.45, 2.75) is 39.2 Å². The average Bonchev–Trinajstić information content (AvgIpc) is 2.48. The minimum absolute atomic E-state index is 0.0162. The summed E-state index contributed by atoms with van der Waals surface area (Å²) < 4.78 is 0. The number of carbonyl (C=O) groups excluding carboxylic acids is 2. The van der Waals surface area contributed by atoms with E-state index in [9.17, 15) is 9.59 Å². The van der Waals surface area contributed by atoms with E-state index >= 15 is 0 Å². The van der Waals surface area contributed by atoms with E-state index in [4.69, 9.17) is 0 Å². The van der Waals surface area contributed by atoms with Gasteiger partial charge in [0.25, 0.3) is 0 Å². The van der Waals surface area contributed by atoms with E-state index in [1.54, 1.807) is 24.3 Å². The van der Waals surface area contributed by atoms with Gasteiger partial charge in [0, 0.05) is 11.3 Å². The molecule has 1 N–H and O–H groups in total. The van der Waals surface area contributed by atoms with Gasteiger partial charge in [0.05, 0.1) is 6.04 Å². The minimum atomic E-state index is -0.109. The summed E-state index contributed by atoms with van der Waals surface area (Å²) in [7, 11) is 0. The maximum Gasteiger partial charge on any atom is 0.241 e. The molecule has 20 heavy (non-hydrogen) atoms. The van der Waals surface area contributed by atoms with Gasteiger partial charge in [0.15, 0.2) is 5.78 Å². The van der Waals surface area contributed by atoms with Crippen LogP contribution in [-0.2, 0) is 4.79 Å². The monoisotopic (exact) mass is 274 g/mol. The van der Waals surface area contributed by atoms with Gasteiger partial charge in [-0.2, -0.15) is 0 Å². The van der Waals surface area contributed by atoms with Crippen LogP contribution in [0.2, 0.25) is 0 Å². The molecule has 0 unspecified atom stereocenters. The topological polar surface area (TPSA) is 49.4 Å². The molecule has 0 radical (unpaired) electrons. The highest BCUT2D eigenvalue weighted by molar-refractivity contribution is 5.96. The number of piperidine rings is 1. The Morgan fingerprint density at radius 2 is 1.70 bits per heavy atom. The summed E-state index contributed by atoms with van der Waals surface area (Å²) in [5.41, 5.74) is 1.40. The average molecular weight is 274 g/mol. The van der Waals surface area contributed by atoms with E-state index < -0.39 is 0 Å². The first-order chi connectivity index (χ1) is 9.58. The fourth-order valence-electron chi connectivity index (χ4n) is 2.51. The predicted molar refractivity (Wildman–Crippen MR) is 80.0 cm³/mol. The van der Waals surface area contributed by atoms with Gasteiger partial charge in [-0.1, -0.05) is 6.42 Å². The number of anilines is 1. The zero-order valence-corrected chi connectivity index (χ0v) is 12.2. The number of likely N-dealkylation sites (tertiary alicyclic amines) is 1. The van der Waals surface area contributed by atoms with Crippen molar-refractivity contribution in [1.29, 1.82) is 0 Å². The van der Waals surface area contributed by atoms with E-state index in [1.165, 1.54) is 26.2 Å². The fraction of sp³-hybridized carbons (Fsp3) is 0.500. The third-order valence-electron chi connectivity index (χ3n) is 3.88. The number of hydrogen-bond acceptors (Lipinski definition) is 3. The number of Topliss-reactive ketones (excluding diaryl/α,β-unsaturated/α-hetero) is 1. The number of nitrogens with one attached hydrogen (secondary N) is 1. The standard InChI is InChI=1S/C16H22N2O2/c1-12(18-10-4-3-5-11-18)16(20)17-15-8-6-14(7-9-15)13(2)19/h6-9,12H,3-5,10-11H2,1-2H3,(H,17,20)/t12-/m1/s1. The van der Waals surface area contributed by atoms with E-state index in [-0.39, 0.29) is 17.7 Å². The highest BCUT2D eigenvalue weighted by Gasteiger charge is 2.22. The van der Waals surface area contributed by atoms with Gasteiger partial charge in [0.1, 0.15) is 0 Å². The molecule has 1 aliphatic heterocycles. The number of amides is 1. The number of benzene rings is 1. The normalized spacial score (nSPS) is 17.5. The molecule has 0 saturated carbocycles. The van der Waals surface area contributed by atoms with Gasteiger partial charge in [-0.15, -0.1) is 0 Å².